The molecule has 8 heteroatoms. The first-order chi connectivity index (χ1) is 15.0. The van der Waals surface area contributed by atoms with Crippen LogP contribution < -0.4 is 15.4 Å². The molecule has 160 valence electrons. The van der Waals surface area contributed by atoms with Gasteiger partial charge >= 0.3 is 0 Å². The predicted molar refractivity (Wildman–Crippen MR) is 112 cm³/mol. The molecular weight excluding hydrogens is 401 g/mol. The van der Waals surface area contributed by atoms with Crippen molar-refractivity contribution in [2.45, 2.75) is 12.1 Å². The molecule has 0 saturated carbocycles. The number of nitrogens with zero attached hydrogens (tertiary/aromatic N) is 1. The molecule has 1 aliphatic rings. The van der Waals surface area contributed by atoms with Gasteiger partial charge in [-0.1, -0.05) is 12.1 Å². The predicted octanol–water partition coefficient (Wildman–Crippen LogP) is 2.52. The molecule has 7 nitrogen and oxygen atoms in total. The Bertz CT molecular complexity index is 1100. The summed E-state index contributed by atoms with van der Waals surface area (Å²) in [6.07, 6.45) is 3.93. The molecule has 1 aliphatic heterocycles. The molecule has 1 aromatic heterocycles. The Morgan fingerprint density at radius 3 is 2.45 bits per heavy atom. The van der Waals surface area contributed by atoms with Crippen molar-refractivity contribution in [3.05, 3.63) is 83.4 Å². The fraction of sp³-hybridized carbons (Fsp3) is 0.217. The van der Waals surface area contributed by atoms with Gasteiger partial charge in [-0.05, 0) is 36.4 Å². The maximum atomic E-state index is 14.5. The quantitative estimate of drug-likeness (QED) is 0.530. The second-order valence-corrected chi connectivity index (χ2v) is 7.32. The van der Waals surface area contributed by atoms with Crippen molar-refractivity contribution in [2.24, 2.45) is 0 Å². The van der Waals surface area contributed by atoms with Crippen LogP contribution in [-0.4, -0.2) is 47.6 Å². The number of hydrogen-bond acceptors (Lipinski definition) is 5. The second-order valence-electron chi connectivity index (χ2n) is 7.32. The van der Waals surface area contributed by atoms with Crippen molar-refractivity contribution >= 4 is 11.7 Å². The number of halogens is 1. The molecule has 3 N–H and O–H groups in total. The van der Waals surface area contributed by atoms with Crippen LogP contribution in [0.15, 0.2) is 60.9 Å². The fourth-order valence-electron chi connectivity index (χ4n) is 3.78. The summed E-state index contributed by atoms with van der Waals surface area (Å²) < 4.78 is 21.4. The van der Waals surface area contributed by atoms with E-state index in [1.807, 2.05) is 24.5 Å². The van der Waals surface area contributed by atoms with Gasteiger partial charge in [-0.15, -0.1) is 0 Å². The van der Waals surface area contributed by atoms with E-state index in [1.54, 1.807) is 0 Å². The minimum absolute atomic E-state index is 0.0796. The first-order valence-electron chi connectivity index (χ1n) is 9.84. The number of ether oxygens (including phenoxy) is 1. The number of amides is 1. The van der Waals surface area contributed by atoms with Gasteiger partial charge in [-0.2, -0.15) is 0 Å². The molecule has 0 radical (unpaired) electrons. The van der Waals surface area contributed by atoms with Crippen LogP contribution in [0, 0.1) is 5.82 Å². The van der Waals surface area contributed by atoms with Gasteiger partial charge in [0.15, 0.2) is 17.3 Å². The first-order valence-corrected chi connectivity index (χ1v) is 9.84. The molecule has 2 aromatic carbocycles. The van der Waals surface area contributed by atoms with Crippen LogP contribution in [0.2, 0.25) is 0 Å². The average molecular weight is 423 g/mol. The number of phenols is 1. The molecule has 0 bridgehead atoms. The van der Waals surface area contributed by atoms with Crippen molar-refractivity contribution in [2.75, 3.05) is 20.2 Å². The van der Waals surface area contributed by atoms with Crippen LogP contribution in [0.1, 0.15) is 32.3 Å². The molecule has 4 rings (SSSR count). The van der Waals surface area contributed by atoms with Crippen LogP contribution in [-0.2, 0) is 0 Å². The van der Waals surface area contributed by atoms with E-state index < -0.39 is 22.9 Å². The van der Waals surface area contributed by atoms with Gasteiger partial charge in [0.2, 0.25) is 0 Å². The zero-order chi connectivity index (χ0) is 22.0. The second kappa shape index (κ2) is 8.61. The van der Waals surface area contributed by atoms with Gasteiger partial charge in [0.1, 0.15) is 11.3 Å². The van der Waals surface area contributed by atoms with Crippen LogP contribution in [0.3, 0.4) is 0 Å². The minimum atomic E-state index is -0.931. The number of rotatable bonds is 6. The zero-order valence-corrected chi connectivity index (χ0v) is 16.8. The summed E-state index contributed by atoms with van der Waals surface area (Å²) in [5.74, 6) is -2.51. The van der Waals surface area contributed by atoms with Gasteiger partial charge in [-0.25, -0.2) is 4.39 Å². The number of carbonyl (C=O) groups excluding carboxylic acids is 2. The van der Waals surface area contributed by atoms with Crippen LogP contribution in [0.25, 0.3) is 0 Å². The lowest BCUT2D eigenvalue weighted by atomic mass is 10.00. The minimum Gasteiger partial charge on any atom is -0.507 e. The van der Waals surface area contributed by atoms with E-state index >= 15 is 0 Å². The molecule has 0 unspecified atom stereocenters. The van der Waals surface area contributed by atoms with Crippen molar-refractivity contribution in [1.82, 2.24) is 15.2 Å². The molecule has 0 spiro atoms. The van der Waals surface area contributed by atoms with E-state index in [4.69, 9.17) is 4.74 Å². The number of phenolic OH excluding ortho intramolecular Hbond substituents is 1. The number of aromatic nitrogens is 1. The average Bonchev–Trinajstić information content (AvgIpc) is 3.45. The maximum Gasteiger partial charge on any atom is 0.251 e. The largest absolute Gasteiger partial charge is 0.507 e. The highest BCUT2D eigenvalue weighted by atomic mass is 19.1. The summed E-state index contributed by atoms with van der Waals surface area (Å²) in [7, 11) is 1.28. The van der Waals surface area contributed by atoms with E-state index in [2.05, 4.69) is 15.2 Å². The molecule has 1 fully saturated rings. The Balaban J connectivity index is 1.49. The molecule has 0 aliphatic carbocycles. The number of ketones is 1. The van der Waals surface area contributed by atoms with Gasteiger partial charge in [0.25, 0.3) is 5.91 Å². The van der Waals surface area contributed by atoms with E-state index in [1.165, 1.54) is 43.5 Å². The zero-order valence-electron chi connectivity index (χ0n) is 16.8. The third-order valence-corrected chi connectivity index (χ3v) is 5.45. The van der Waals surface area contributed by atoms with Crippen molar-refractivity contribution in [3.63, 3.8) is 0 Å². The van der Waals surface area contributed by atoms with Gasteiger partial charge in [0.05, 0.1) is 19.2 Å². The van der Waals surface area contributed by atoms with Gasteiger partial charge in [0, 0.05) is 36.6 Å². The van der Waals surface area contributed by atoms with E-state index in [0.717, 1.165) is 6.54 Å². The number of carbonyl (C=O) groups is 2. The topological polar surface area (TPSA) is 92.6 Å². The highest BCUT2D eigenvalue weighted by molar-refractivity contribution is 6.11. The summed E-state index contributed by atoms with van der Waals surface area (Å²) in [6.45, 7) is 1.40. The van der Waals surface area contributed by atoms with E-state index in [-0.39, 0.29) is 29.3 Å². The Morgan fingerprint density at radius 2 is 1.77 bits per heavy atom. The fourth-order valence-corrected chi connectivity index (χ4v) is 3.78. The molecule has 1 amide bonds. The third-order valence-electron chi connectivity index (χ3n) is 5.45. The molecular formula is C23H22FN3O4. The number of nitrogens with one attached hydrogen (secondary N) is 2. The monoisotopic (exact) mass is 423 g/mol. The summed E-state index contributed by atoms with van der Waals surface area (Å²) >= 11 is 0. The normalized spacial score (nSPS) is 18.0. The molecule has 2 atom stereocenters. The highest BCUT2D eigenvalue weighted by Crippen LogP contribution is 2.30. The summed E-state index contributed by atoms with van der Waals surface area (Å²) in [6, 6.07) is 12.2. The number of benzene rings is 2. The number of methoxy groups -OCH3 is 1. The smallest absolute Gasteiger partial charge is 0.251 e. The lowest BCUT2D eigenvalue weighted by Crippen LogP contribution is -2.40. The molecule has 2 heterocycles. The molecule has 1 saturated heterocycles. The first kappa shape index (κ1) is 20.6. The number of hydrogen-bond donors (Lipinski definition) is 3. The number of aromatic hydroxyl groups is 1. The Morgan fingerprint density at radius 1 is 1.10 bits per heavy atom. The molecule has 3 aromatic rings. The summed E-state index contributed by atoms with van der Waals surface area (Å²) in [5.41, 5.74) is 0.0555. The van der Waals surface area contributed by atoms with E-state index in [9.17, 15) is 19.1 Å². The SMILES string of the molecule is COc1ccc(O)c(C(=O)c2ccc(C(=O)N[C@@H]3CNC[C@H]3n3cccc3)cc2)c1F. The lowest BCUT2D eigenvalue weighted by molar-refractivity contribution is 0.0930. The van der Waals surface area contributed by atoms with Crippen LogP contribution in [0.5, 0.6) is 11.5 Å². The van der Waals surface area contributed by atoms with Gasteiger partial charge < -0.3 is 25.0 Å². The third kappa shape index (κ3) is 4.02. The highest BCUT2D eigenvalue weighted by Gasteiger charge is 2.29. The maximum absolute atomic E-state index is 14.5. The Hall–Kier alpha value is -3.65. The standard InChI is InChI=1S/C23H22FN3O4/c1-31-19-9-8-18(28)20(21(19)24)22(29)14-4-6-15(7-5-14)23(30)26-16-12-25-13-17(16)27-10-2-3-11-27/h2-11,16-17,25,28H,12-13H2,1H3,(H,26,30)/t16-,17-/m1/s1. The van der Waals surface area contributed by atoms with Gasteiger partial charge in [-0.3, -0.25) is 9.59 Å². The van der Waals surface area contributed by atoms with Crippen molar-refractivity contribution in [3.8, 4) is 11.5 Å². The molecule has 31 heavy (non-hydrogen) atoms. The van der Waals surface area contributed by atoms with Crippen LogP contribution >= 0.6 is 0 Å². The Kier molecular flexibility index (Phi) is 5.73. The summed E-state index contributed by atoms with van der Waals surface area (Å²) in [4.78, 5) is 25.4. The Labute approximate surface area is 178 Å². The lowest BCUT2D eigenvalue weighted by Gasteiger charge is -2.21. The van der Waals surface area contributed by atoms with Crippen molar-refractivity contribution in [1.29, 1.82) is 0 Å². The van der Waals surface area contributed by atoms with E-state index in [0.29, 0.717) is 12.1 Å². The van der Waals surface area contributed by atoms with Crippen molar-refractivity contribution < 1.29 is 23.8 Å². The summed E-state index contributed by atoms with van der Waals surface area (Å²) in [5, 5.41) is 16.3. The van der Waals surface area contributed by atoms with Crippen LogP contribution in [0.4, 0.5) is 4.39 Å².